The number of carboxylic acids is 1. The fraction of sp³-hybridized carbons (Fsp3) is 0.909. The van der Waals surface area contributed by atoms with Crippen molar-refractivity contribution in [2.75, 3.05) is 6.61 Å². The molecule has 0 radical (unpaired) electrons. The molecule has 0 saturated heterocycles. The second kappa shape index (κ2) is 12.9. The maximum atomic E-state index is 10.2. The number of rotatable bonds is 12. The highest BCUT2D eigenvalue weighted by molar-refractivity contribution is 9.05. The first-order valence-electron chi connectivity index (χ1n) is 5.89. The Morgan fingerprint density at radius 1 is 0.938 bits per heavy atom. The van der Waals surface area contributed by atoms with Gasteiger partial charge in [0.05, 0.1) is 6.61 Å². The highest BCUT2D eigenvalue weighted by Gasteiger charge is 1.96. The standard InChI is InChI=1S/C11H21BrO4/c12-16-15-10-8-6-4-2-1-3-5-7-9-11(13)14/h1-10H2,(H,13,14). The molecule has 0 saturated carbocycles. The molecule has 0 aliphatic carbocycles. The summed E-state index contributed by atoms with van der Waals surface area (Å²) in [4.78, 5) is 14.9. The van der Waals surface area contributed by atoms with Gasteiger partial charge in [-0.3, -0.25) is 4.79 Å². The summed E-state index contributed by atoms with van der Waals surface area (Å²) in [5, 5.41) is 8.43. The number of hydrogen-bond acceptors (Lipinski definition) is 3. The number of carboxylic acid groups (broad SMARTS) is 1. The zero-order chi connectivity index (χ0) is 12.1. The minimum Gasteiger partial charge on any atom is -0.481 e. The molecule has 0 unspecified atom stereocenters. The molecular weight excluding hydrogens is 276 g/mol. The lowest BCUT2D eigenvalue weighted by Gasteiger charge is -2.01. The summed E-state index contributed by atoms with van der Waals surface area (Å²) in [6, 6.07) is 0. The number of unbranched alkanes of at least 4 members (excludes halogenated alkanes) is 7. The third-order valence-corrected chi connectivity index (χ3v) is 2.60. The van der Waals surface area contributed by atoms with Crippen molar-refractivity contribution in [2.24, 2.45) is 0 Å². The van der Waals surface area contributed by atoms with Crippen molar-refractivity contribution in [3.8, 4) is 0 Å². The third kappa shape index (κ3) is 13.9. The van der Waals surface area contributed by atoms with Crippen LogP contribution in [0.3, 0.4) is 0 Å². The van der Waals surface area contributed by atoms with Crippen LogP contribution in [0, 0.1) is 0 Å². The predicted molar refractivity (Wildman–Crippen MR) is 65.2 cm³/mol. The first-order chi connectivity index (χ1) is 7.77. The van der Waals surface area contributed by atoms with E-state index in [1.807, 2.05) is 0 Å². The Labute approximate surface area is 106 Å². The smallest absolute Gasteiger partial charge is 0.303 e. The van der Waals surface area contributed by atoms with Crippen LogP contribution in [0.5, 0.6) is 0 Å². The van der Waals surface area contributed by atoms with Crippen LogP contribution in [-0.4, -0.2) is 17.7 Å². The van der Waals surface area contributed by atoms with Crippen molar-refractivity contribution in [2.45, 2.75) is 57.8 Å². The van der Waals surface area contributed by atoms with Crippen LogP contribution in [-0.2, 0) is 13.7 Å². The van der Waals surface area contributed by atoms with Gasteiger partial charge in [-0.2, -0.15) is 3.98 Å². The van der Waals surface area contributed by atoms with Crippen LogP contribution >= 0.6 is 16.3 Å². The van der Waals surface area contributed by atoms with E-state index in [4.69, 9.17) is 5.11 Å². The number of hydrogen-bond donors (Lipinski definition) is 1. The van der Waals surface area contributed by atoms with E-state index in [-0.39, 0.29) is 0 Å². The molecule has 0 spiro atoms. The van der Waals surface area contributed by atoms with Gasteiger partial charge in [-0.05, 0) is 12.8 Å². The summed E-state index contributed by atoms with van der Waals surface area (Å²) in [6.07, 6.45) is 9.12. The second-order valence-corrected chi connectivity index (χ2v) is 4.12. The average molecular weight is 297 g/mol. The van der Waals surface area contributed by atoms with E-state index in [9.17, 15) is 4.79 Å². The Hall–Kier alpha value is -0.130. The Balaban J connectivity index is 2.90. The van der Waals surface area contributed by atoms with E-state index in [0.29, 0.717) is 13.0 Å². The maximum Gasteiger partial charge on any atom is 0.303 e. The van der Waals surface area contributed by atoms with Crippen LogP contribution in [0.4, 0.5) is 0 Å². The molecule has 0 aromatic rings. The van der Waals surface area contributed by atoms with Gasteiger partial charge in [-0.25, -0.2) is 4.89 Å². The Kier molecular flexibility index (Phi) is 12.8. The van der Waals surface area contributed by atoms with Crippen molar-refractivity contribution >= 4 is 22.2 Å². The summed E-state index contributed by atoms with van der Waals surface area (Å²) in [5.74, 6) is -0.686. The van der Waals surface area contributed by atoms with E-state index in [1.165, 1.54) is 19.3 Å². The van der Waals surface area contributed by atoms with Crippen molar-refractivity contribution in [1.29, 1.82) is 0 Å². The van der Waals surface area contributed by atoms with Gasteiger partial charge in [0.25, 0.3) is 0 Å². The molecule has 0 aromatic heterocycles. The van der Waals surface area contributed by atoms with Gasteiger partial charge in [0.15, 0.2) is 0 Å². The first-order valence-corrected chi connectivity index (χ1v) is 6.54. The molecule has 0 aliphatic rings. The fourth-order valence-corrected chi connectivity index (χ4v) is 1.66. The molecule has 5 heteroatoms. The molecular formula is C11H21BrO4. The van der Waals surface area contributed by atoms with E-state index in [1.54, 1.807) is 0 Å². The molecule has 1 N–H and O–H groups in total. The molecule has 0 rings (SSSR count). The number of carbonyl (C=O) groups is 1. The number of aliphatic carboxylic acids is 1. The Bertz CT molecular complexity index is 164. The van der Waals surface area contributed by atoms with E-state index in [2.05, 4.69) is 25.1 Å². The summed E-state index contributed by atoms with van der Waals surface area (Å²) in [5.41, 5.74) is 0. The molecule has 0 fully saturated rings. The predicted octanol–water partition coefficient (Wildman–Crippen LogP) is 3.84. The van der Waals surface area contributed by atoms with Gasteiger partial charge in [-0.1, -0.05) is 38.5 Å². The number of halogens is 1. The van der Waals surface area contributed by atoms with E-state index in [0.717, 1.165) is 32.1 Å². The second-order valence-electron chi connectivity index (χ2n) is 3.86. The monoisotopic (exact) mass is 296 g/mol. The quantitative estimate of drug-likeness (QED) is 0.338. The lowest BCUT2D eigenvalue weighted by Crippen LogP contribution is -1.93. The van der Waals surface area contributed by atoms with Gasteiger partial charge >= 0.3 is 5.97 Å². The Morgan fingerprint density at radius 3 is 1.94 bits per heavy atom. The van der Waals surface area contributed by atoms with Gasteiger partial charge in [-0.15, -0.1) is 0 Å². The third-order valence-electron chi connectivity index (χ3n) is 2.41. The minimum atomic E-state index is -0.686. The largest absolute Gasteiger partial charge is 0.481 e. The molecule has 16 heavy (non-hydrogen) atoms. The fourth-order valence-electron chi connectivity index (χ4n) is 1.53. The molecule has 4 nitrogen and oxygen atoms in total. The molecule has 0 amide bonds. The van der Waals surface area contributed by atoms with E-state index < -0.39 is 5.97 Å². The normalized spacial score (nSPS) is 10.6. The van der Waals surface area contributed by atoms with Gasteiger partial charge in [0, 0.05) is 6.42 Å². The van der Waals surface area contributed by atoms with Gasteiger partial charge < -0.3 is 5.11 Å². The van der Waals surface area contributed by atoms with Crippen LogP contribution in [0.1, 0.15) is 57.8 Å². The van der Waals surface area contributed by atoms with Crippen molar-refractivity contribution in [3.63, 3.8) is 0 Å². The molecule has 96 valence electrons. The lowest BCUT2D eigenvalue weighted by molar-refractivity contribution is -0.181. The molecule has 0 bridgehead atoms. The van der Waals surface area contributed by atoms with E-state index >= 15 is 0 Å². The molecule has 0 aromatic carbocycles. The van der Waals surface area contributed by atoms with Crippen molar-refractivity contribution in [1.82, 2.24) is 0 Å². The first kappa shape index (κ1) is 15.9. The van der Waals surface area contributed by atoms with Crippen molar-refractivity contribution in [3.05, 3.63) is 0 Å². The van der Waals surface area contributed by atoms with Crippen LogP contribution in [0.2, 0.25) is 0 Å². The SMILES string of the molecule is O=C(O)CCCCCCCCCCOOBr. The van der Waals surface area contributed by atoms with Gasteiger partial charge in [0.1, 0.15) is 16.3 Å². The van der Waals surface area contributed by atoms with Crippen molar-refractivity contribution < 1.29 is 18.8 Å². The summed E-state index contributed by atoms with van der Waals surface area (Å²) in [7, 11) is 0. The molecule has 0 heterocycles. The molecule has 0 atom stereocenters. The average Bonchev–Trinajstić information content (AvgIpc) is 2.25. The van der Waals surface area contributed by atoms with Gasteiger partial charge in [0.2, 0.25) is 0 Å². The zero-order valence-electron chi connectivity index (χ0n) is 9.62. The van der Waals surface area contributed by atoms with Crippen LogP contribution in [0.15, 0.2) is 0 Å². The Morgan fingerprint density at radius 2 is 1.44 bits per heavy atom. The minimum absolute atomic E-state index is 0.309. The highest BCUT2D eigenvalue weighted by atomic mass is 79.9. The topological polar surface area (TPSA) is 55.8 Å². The summed E-state index contributed by atoms with van der Waals surface area (Å²) >= 11 is 2.71. The lowest BCUT2D eigenvalue weighted by atomic mass is 10.1. The summed E-state index contributed by atoms with van der Waals surface area (Å²) in [6.45, 7) is 0.629. The maximum absolute atomic E-state index is 10.2. The molecule has 0 aliphatic heterocycles. The van der Waals surface area contributed by atoms with Crippen LogP contribution < -0.4 is 0 Å². The van der Waals surface area contributed by atoms with Crippen LogP contribution in [0.25, 0.3) is 0 Å². The summed E-state index contributed by atoms with van der Waals surface area (Å²) < 4.78 is 4.30. The highest BCUT2D eigenvalue weighted by Crippen LogP contribution is 2.09. The zero-order valence-corrected chi connectivity index (χ0v) is 11.2.